The minimum absolute atomic E-state index is 0.0232. The number of ether oxygens (including phenoxy) is 1. The van der Waals surface area contributed by atoms with Gasteiger partial charge in [0.1, 0.15) is 11.5 Å². The molecule has 6 heteroatoms. The molecular formula is C14H11NO5. The van der Waals surface area contributed by atoms with E-state index in [-0.39, 0.29) is 5.69 Å². The fourth-order valence-electron chi connectivity index (χ4n) is 1.56. The van der Waals surface area contributed by atoms with Gasteiger partial charge in [0.25, 0.3) is 5.69 Å². The molecule has 2 rings (SSSR count). The molecule has 20 heavy (non-hydrogen) atoms. The standard InChI is InChI=1S/C14H11NO5/c1-19-13-8-12(20-14(16)9-13)7-4-10-2-5-11(6-3-10)15(17)18/h2-9H,1H3/b7-4+. The number of rotatable bonds is 4. The van der Waals surface area contributed by atoms with Crippen LogP contribution in [0.15, 0.2) is 45.6 Å². The van der Waals surface area contributed by atoms with Crippen LogP contribution in [-0.4, -0.2) is 12.0 Å². The second-order valence-electron chi connectivity index (χ2n) is 3.90. The molecule has 102 valence electrons. The minimum atomic E-state index is -0.507. The van der Waals surface area contributed by atoms with E-state index < -0.39 is 10.5 Å². The van der Waals surface area contributed by atoms with Crippen molar-refractivity contribution < 1.29 is 14.1 Å². The highest BCUT2D eigenvalue weighted by atomic mass is 16.6. The molecule has 0 bridgehead atoms. The van der Waals surface area contributed by atoms with E-state index >= 15 is 0 Å². The Morgan fingerprint density at radius 1 is 1.20 bits per heavy atom. The predicted molar refractivity (Wildman–Crippen MR) is 73.6 cm³/mol. The summed E-state index contributed by atoms with van der Waals surface area (Å²) < 4.78 is 9.93. The van der Waals surface area contributed by atoms with Crippen LogP contribution in [-0.2, 0) is 0 Å². The second-order valence-corrected chi connectivity index (χ2v) is 3.90. The summed E-state index contributed by atoms with van der Waals surface area (Å²) in [5.41, 5.74) is 0.267. The lowest BCUT2D eigenvalue weighted by Gasteiger charge is -1.99. The quantitative estimate of drug-likeness (QED) is 0.631. The lowest BCUT2D eigenvalue weighted by molar-refractivity contribution is -0.384. The molecule has 1 aromatic carbocycles. The first-order valence-electron chi connectivity index (χ1n) is 5.70. The van der Waals surface area contributed by atoms with E-state index in [1.54, 1.807) is 30.4 Å². The Kier molecular flexibility index (Phi) is 3.95. The fourth-order valence-corrected chi connectivity index (χ4v) is 1.56. The van der Waals surface area contributed by atoms with Crippen LogP contribution in [0.1, 0.15) is 11.3 Å². The number of methoxy groups -OCH3 is 1. The molecule has 0 aliphatic carbocycles. The van der Waals surface area contributed by atoms with E-state index in [1.807, 2.05) is 0 Å². The molecule has 0 atom stereocenters. The Bertz CT molecular complexity index is 700. The molecule has 0 saturated carbocycles. The number of hydrogen-bond acceptors (Lipinski definition) is 5. The third-order valence-electron chi connectivity index (χ3n) is 2.54. The Morgan fingerprint density at radius 2 is 1.90 bits per heavy atom. The highest BCUT2D eigenvalue weighted by Gasteiger charge is 2.03. The van der Waals surface area contributed by atoms with Crippen LogP contribution < -0.4 is 10.4 Å². The molecule has 1 heterocycles. The van der Waals surface area contributed by atoms with Crippen molar-refractivity contribution in [2.75, 3.05) is 7.11 Å². The topological polar surface area (TPSA) is 82.6 Å². The summed E-state index contributed by atoms with van der Waals surface area (Å²) in [6, 6.07) is 8.83. The smallest absolute Gasteiger partial charge is 0.339 e. The van der Waals surface area contributed by atoms with E-state index in [9.17, 15) is 14.9 Å². The highest BCUT2D eigenvalue weighted by Crippen LogP contribution is 2.15. The summed E-state index contributed by atoms with van der Waals surface area (Å²) in [5.74, 6) is 0.748. The second kappa shape index (κ2) is 5.83. The number of nitrogens with zero attached hydrogens (tertiary/aromatic N) is 1. The number of benzene rings is 1. The molecule has 0 unspecified atom stereocenters. The van der Waals surface area contributed by atoms with Gasteiger partial charge >= 0.3 is 5.63 Å². The van der Waals surface area contributed by atoms with Gasteiger partial charge in [-0.1, -0.05) is 6.08 Å². The molecule has 1 aromatic heterocycles. The lowest BCUT2D eigenvalue weighted by Crippen LogP contribution is -1.98. The van der Waals surface area contributed by atoms with E-state index in [1.165, 1.54) is 25.3 Å². The van der Waals surface area contributed by atoms with E-state index in [2.05, 4.69) is 0 Å². The van der Waals surface area contributed by atoms with Crippen molar-refractivity contribution >= 4 is 17.8 Å². The van der Waals surface area contributed by atoms with Crippen LogP contribution in [0.2, 0.25) is 0 Å². The zero-order valence-electron chi connectivity index (χ0n) is 10.6. The molecular weight excluding hydrogens is 262 g/mol. The fraction of sp³-hybridized carbons (Fsp3) is 0.0714. The lowest BCUT2D eigenvalue weighted by atomic mass is 10.2. The van der Waals surface area contributed by atoms with Crippen molar-refractivity contribution in [3.05, 3.63) is 68.3 Å². The average molecular weight is 273 g/mol. The normalized spacial score (nSPS) is 10.7. The highest BCUT2D eigenvalue weighted by molar-refractivity contribution is 5.68. The third-order valence-corrected chi connectivity index (χ3v) is 2.54. The van der Waals surface area contributed by atoms with Crippen molar-refractivity contribution in [3.63, 3.8) is 0 Å². The monoisotopic (exact) mass is 273 g/mol. The van der Waals surface area contributed by atoms with E-state index in [0.29, 0.717) is 11.5 Å². The molecule has 0 aliphatic heterocycles. The maximum atomic E-state index is 11.2. The molecule has 2 aromatic rings. The van der Waals surface area contributed by atoms with Gasteiger partial charge in [0.15, 0.2) is 0 Å². The molecule has 0 radical (unpaired) electrons. The summed E-state index contributed by atoms with van der Waals surface area (Å²) >= 11 is 0. The molecule has 0 amide bonds. The summed E-state index contributed by atoms with van der Waals surface area (Å²) in [4.78, 5) is 21.3. The molecule has 6 nitrogen and oxygen atoms in total. The zero-order valence-corrected chi connectivity index (χ0v) is 10.6. The van der Waals surface area contributed by atoms with Gasteiger partial charge in [-0.3, -0.25) is 10.1 Å². The average Bonchev–Trinajstić information content (AvgIpc) is 2.45. The molecule has 0 saturated heterocycles. The molecule has 0 N–H and O–H groups in total. The van der Waals surface area contributed by atoms with Gasteiger partial charge in [-0.05, 0) is 23.8 Å². The first-order chi connectivity index (χ1) is 9.58. The van der Waals surface area contributed by atoms with Crippen LogP contribution in [0.4, 0.5) is 5.69 Å². The minimum Gasteiger partial charge on any atom is -0.496 e. The summed E-state index contributed by atoms with van der Waals surface area (Å²) in [6.45, 7) is 0. The van der Waals surface area contributed by atoms with Crippen LogP contribution in [0.25, 0.3) is 12.2 Å². The van der Waals surface area contributed by atoms with E-state index in [0.717, 1.165) is 5.56 Å². The molecule has 0 fully saturated rings. The largest absolute Gasteiger partial charge is 0.496 e. The Hall–Kier alpha value is -2.89. The summed E-state index contributed by atoms with van der Waals surface area (Å²) in [7, 11) is 1.46. The van der Waals surface area contributed by atoms with Gasteiger partial charge in [0.05, 0.1) is 18.1 Å². The van der Waals surface area contributed by atoms with Crippen LogP contribution in [0, 0.1) is 10.1 Å². The van der Waals surface area contributed by atoms with Crippen LogP contribution in [0.5, 0.6) is 5.75 Å². The van der Waals surface area contributed by atoms with Crippen LogP contribution in [0.3, 0.4) is 0 Å². The van der Waals surface area contributed by atoms with Gasteiger partial charge in [0.2, 0.25) is 0 Å². The molecule has 0 spiro atoms. The number of hydrogen-bond donors (Lipinski definition) is 0. The van der Waals surface area contributed by atoms with Crippen molar-refractivity contribution in [1.82, 2.24) is 0 Å². The summed E-state index contributed by atoms with van der Waals surface area (Å²) in [5, 5.41) is 10.5. The summed E-state index contributed by atoms with van der Waals surface area (Å²) in [6.07, 6.45) is 3.27. The van der Waals surface area contributed by atoms with Gasteiger partial charge in [-0.2, -0.15) is 0 Å². The third kappa shape index (κ3) is 3.32. The van der Waals surface area contributed by atoms with Crippen molar-refractivity contribution in [1.29, 1.82) is 0 Å². The SMILES string of the molecule is COc1cc(/C=C/c2ccc([N+](=O)[O-])cc2)oc(=O)c1. The Labute approximate surface area is 114 Å². The van der Waals surface area contributed by atoms with E-state index in [4.69, 9.17) is 9.15 Å². The Balaban J connectivity index is 2.22. The number of non-ortho nitro benzene ring substituents is 1. The molecule has 0 aliphatic rings. The van der Waals surface area contributed by atoms with Gasteiger partial charge in [0, 0.05) is 18.2 Å². The maximum absolute atomic E-state index is 11.2. The first-order valence-corrected chi connectivity index (χ1v) is 5.70. The first kappa shape index (κ1) is 13.5. The number of nitro benzene ring substituents is 1. The Morgan fingerprint density at radius 3 is 2.50 bits per heavy atom. The van der Waals surface area contributed by atoms with Gasteiger partial charge < -0.3 is 9.15 Å². The van der Waals surface area contributed by atoms with Crippen LogP contribution >= 0.6 is 0 Å². The van der Waals surface area contributed by atoms with Crippen molar-refractivity contribution in [3.8, 4) is 5.75 Å². The number of nitro groups is 1. The predicted octanol–water partition coefficient (Wildman–Crippen LogP) is 2.73. The van der Waals surface area contributed by atoms with Gasteiger partial charge in [-0.25, -0.2) is 4.79 Å². The maximum Gasteiger partial charge on any atom is 0.339 e. The van der Waals surface area contributed by atoms with Crippen molar-refractivity contribution in [2.45, 2.75) is 0 Å². The van der Waals surface area contributed by atoms with Crippen molar-refractivity contribution in [2.24, 2.45) is 0 Å². The van der Waals surface area contributed by atoms with Gasteiger partial charge in [-0.15, -0.1) is 0 Å². The zero-order chi connectivity index (χ0) is 14.5.